The van der Waals surface area contributed by atoms with Crippen LogP contribution in [-0.2, 0) is 14.6 Å². The molecule has 0 saturated carbocycles. The fraction of sp³-hybridized carbons (Fsp3) is 1.00. The molecule has 1 saturated heterocycles. The molecule has 121 valence electrons. The topological polar surface area (TPSA) is 165 Å². The monoisotopic (exact) mass is 383 g/mol. The molecule has 0 aromatic carbocycles. The van der Waals surface area contributed by atoms with Gasteiger partial charge < -0.3 is 0 Å². The van der Waals surface area contributed by atoms with Crippen molar-refractivity contribution in [1.29, 1.82) is 0 Å². The first-order chi connectivity index (χ1) is 9.19. The van der Waals surface area contributed by atoms with E-state index in [4.69, 9.17) is 9.66 Å². The van der Waals surface area contributed by atoms with E-state index in [1.165, 1.54) is 0 Å². The van der Waals surface area contributed by atoms with Gasteiger partial charge in [0.05, 0.1) is 0 Å². The van der Waals surface area contributed by atoms with Crippen LogP contribution in [0.4, 0.5) is 0 Å². The SMILES string of the molecule is O=S(=O)(O)O[C@H](CO)[C@@H](O)C[Se]1C[C@@H](O)[C@H](O)[C@H]1CO. The van der Waals surface area contributed by atoms with Crippen molar-refractivity contribution >= 4 is 24.3 Å². The average Bonchev–Trinajstić information content (AvgIpc) is 2.60. The molecular weight excluding hydrogens is 363 g/mol. The van der Waals surface area contributed by atoms with Gasteiger partial charge in [-0.15, -0.1) is 0 Å². The van der Waals surface area contributed by atoms with E-state index in [-0.39, 0.29) is 17.2 Å². The van der Waals surface area contributed by atoms with Gasteiger partial charge in [-0.2, -0.15) is 0 Å². The third-order valence-electron chi connectivity index (χ3n) is 3.01. The van der Waals surface area contributed by atoms with Gasteiger partial charge in [0.2, 0.25) is 0 Å². The first kappa shape index (κ1) is 18.2. The maximum atomic E-state index is 10.6. The number of aliphatic hydroxyl groups excluding tert-OH is 5. The van der Waals surface area contributed by atoms with Gasteiger partial charge in [0, 0.05) is 0 Å². The molecule has 0 aromatic rings. The molecule has 1 rings (SSSR count). The zero-order valence-corrected chi connectivity index (χ0v) is 13.0. The van der Waals surface area contributed by atoms with Crippen molar-refractivity contribution in [2.75, 3.05) is 13.2 Å². The van der Waals surface area contributed by atoms with Crippen LogP contribution in [0.25, 0.3) is 0 Å². The molecule has 11 heteroatoms. The number of hydrogen-bond donors (Lipinski definition) is 6. The van der Waals surface area contributed by atoms with Gasteiger partial charge in [0.1, 0.15) is 0 Å². The van der Waals surface area contributed by atoms with E-state index in [1.54, 1.807) is 0 Å². The normalized spacial score (nSPS) is 31.4. The third kappa shape index (κ3) is 4.88. The molecule has 0 aliphatic carbocycles. The van der Waals surface area contributed by atoms with Gasteiger partial charge in [-0.3, -0.25) is 0 Å². The second kappa shape index (κ2) is 7.45. The summed E-state index contributed by atoms with van der Waals surface area (Å²) in [6.07, 6.45) is -4.98. The summed E-state index contributed by atoms with van der Waals surface area (Å²) in [6.45, 7) is -1.17. The second-order valence-corrected chi connectivity index (χ2v) is 10.4. The van der Waals surface area contributed by atoms with Gasteiger partial charge in [-0.1, -0.05) is 0 Å². The second-order valence-electron chi connectivity index (χ2n) is 4.46. The number of hydrogen-bond acceptors (Lipinski definition) is 8. The predicted octanol–water partition coefficient (Wildman–Crippen LogP) is -2.88. The van der Waals surface area contributed by atoms with Crippen molar-refractivity contribution in [3.05, 3.63) is 0 Å². The molecular formula is C9H19O9SSe. The third-order valence-corrected chi connectivity index (χ3v) is 9.42. The van der Waals surface area contributed by atoms with Crippen molar-refractivity contribution in [2.45, 2.75) is 39.9 Å². The summed E-state index contributed by atoms with van der Waals surface area (Å²) >= 11 is -1.82. The Morgan fingerprint density at radius 1 is 1.30 bits per heavy atom. The molecule has 1 aliphatic heterocycles. The van der Waals surface area contributed by atoms with Gasteiger partial charge >= 0.3 is 120 Å². The summed E-state index contributed by atoms with van der Waals surface area (Å²) in [5.41, 5.74) is 0. The van der Waals surface area contributed by atoms with E-state index in [9.17, 15) is 28.8 Å². The van der Waals surface area contributed by atoms with Crippen LogP contribution in [0, 0.1) is 0 Å². The Morgan fingerprint density at radius 3 is 2.35 bits per heavy atom. The Hall–Kier alpha value is 0.189. The van der Waals surface area contributed by atoms with E-state index in [0.717, 1.165) is 0 Å². The maximum absolute atomic E-state index is 10.6. The zero-order valence-electron chi connectivity index (χ0n) is 10.4. The fourth-order valence-electron chi connectivity index (χ4n) is 1.99. The molecule has 0 spiro atoms. The standard InChI is InChI=1S/C9H19O9SSe/c10-1-7(18-19(15,16)17)5(12)3-20-4-6(13)9(14)8(20)2-11/h5-14H,1-4H2,(H,15,16,17)/t5-,6+,7+,8+,9-/m0/s1. The summed E-state index contributed by atoms with van der Waals surface area (Å²) in [6, 6.07) is 0. The quantitative estimate of drug-likeness (QED) is 0.200. The van der Waals surface area contributed by atoms with Crippen LogP contribution in [0.3, 0.4) is 0 Å². The van der Waals surface area contributed by atoms with Gasteiger partial charge in [-0.25, -0.2) is 0 Å². The first-order valence-corrected chi connectivity index (χ1v) is 10.5. The first-order valence-electron chi connectivity index (χ1n) is 5.77. The van der Waals surface area contributed by atoms with Crippen molar-refractivity contribution < 1.29 is 42.7 Å². The average molecular weight is 382 g/mol. The Balaban J connectivity index is 2.66. The molecule has 9 nitrogen and oxygen atoms in total. The summed E-state index contributed by atoms with van der Waals surface area (Å²) < 4.78 is 33.8. The number of aliphatic hydroxyl groups is 5. The Labute approximate surface area is 120 Å². The number of rotatable bonds is 7. The van der Waals surface area contributed by atoms with Gasteiger partial charge in [0.25, 0.3) is 0 Å². The van der Waals surface area contributed by atoms with Gasteiger partial charge in [-0.05, 0) is 0 Å². The summed E-state index contributed by atoms with van der Waals surface area (Å²) in [7, 11) is -4.81. The summed E-state index contributed by atoms with van der Waals surface area (Å²) in [5, 5.41) is 47.4. The van der Waals surface area contributed by atoms with E-state index >= 15 is 0 Å². The minimum atomic E-state index is -4.81. The fourth-order valence-corrected chi connectivity index (χ4v) is 8.17. The molecule has 6 N–H and O–H groups in total. The van der Waals surface area contributed by atoms with Crippen LogP contribution in [0.2, 0.25) is 15.5 Å². The van der Waals surface area contributed by atoms with Crippen LogP contribution in [0.1, 0.15) is 0 Å². The molecule has 1 aliphatic rings. The summed E-state index contributed by atoms with van der Waals surface area (Å²) in [5.74, 6) is 0. The predicted molar refractivity (Wildman–Crippen MR) is 67.7 cm³/mol. The molecule has 0 aromatic heterocycles. The minimum absolute atomic E-state index is 0.0140. The van der Waals surface area contributed by atoms with Crippen LogP contribution in [0.15, 0.2) is 0 Å². The zero-order chi connectivity index (χ0) is 15.5. The molecule has 1 radical (unpaired) electrons. The van der Waals surface area contributed by atoms with Gasteiger partial charge in [0.15, 0.2) is 0 Å². The molecule has 0 amide bonds. The Morgan fingerprint density at radius 2 is 1.90 bits per heavy atom. The molecule has 1 heterocycles. The van der Waals surface area contributed by atoms with Crippen LogP contribution in [-0.4, -0.2) is 90.0 Å². The van der Waals surface area contributed by atoms with Crippen molar-refractivity contribution in [1.82, 2.24) is 0 Å². The molecule has 0 unspecified atom stereocenters. The molecule has 20 heavy (non-hydrogen) atoms. The molecule has 5 atom stereocenters. The van der Waals surface area contributed by atoms with Crippen molar-refractivity contribution in [3.63, 3.8) is 0 Å². The molecule has 0 bridgehead atoms. The Kier molecular flexibility index (Phi) is 6.80. The van der Waals surface area contributed by atoms with Crippen molar-refractivity contribution in [2.24, 2.45) is 0 Å². The molecule has 1 fully saturated rings. The van der Waals surface area contributed by atoms with Crippen molar-refractivity contribution in [3.8, 4) is 0 Å². The van der Waals surface area contributed by atoms with E-state index in [0.29, 0.717) is 0 Å². The van der Waals surface area contributed by atoms with E-state index < -0.39 is 60.1 Å². The summed E-state index contributed by atoms with van der Waals surface area (Å²) in [4.78, 5) is -0.537. The van der Waals surface area contributed by atoms with Crippen LogP contribution >= 0.6 is 0 Å². The Bertz CT molecular complexity index is 402. The van der Waals surface area contributed by atoms with Crippen LogP contribution < -0.4 is 0 Å². The van der Waals surface area contributed by atoms with E-state index in [2.05, 4.69) is 4.18 Å². The van der Waals surface area contributed by atoms with Crippen LogP contribution in [0.5, 0.6) is 0 Å². The van der Waals surface area contributed by atoms with E-state index in [1.807, 2.05) is 0 Å².